The van der Waals surface area contributed by atoms with E-state index in [9.17, 15) is 9.90 Å². The van der Waals surface area contributed by atoms with Gasteiger partial charge in [0.05, 0.1) is 11.2 Å². The molecular formula is C18H15ClO3. The normalized spacial score (nSPS) is 31.5. The molecule has 112 valence electrons. The first kappa shape index (κ1) is 13.8. The van der Waals surface area contributed by atoms with Crippen LogP contribution in [-0.4, -0.2) is 16.2 Å². The second-order valence-electron chi connectivity index (χ2n) is 6.32. The van der Waals surface area contributed by atoms with E-state index in [0.29, 0.717) is 10.6 Å². The van der Waals surface area contributed by atoms with Crippen LogP contribution < -0.4 is 0 Å². The Morgan fingerprint density at radius 3 is 2.55 bits per heavy atom. The summed E-state index contributed by atoms with van der Waals surface area (Å²) in [7, 11) is 0. The molecule has 2 aliphatic carbocycles. The van der Waals surface area contributed by atoms with Gasteiger partial charge in [-0.3, -0.25) is 0 Å². The molecule has 0 radical (unpaired) electrons. The second-order valence-corrected chi connectivity index (χ2v) is 6.72. The standard InChI is InChI=1S/C18H15ClO3/c1-9-5-6-12(13(19)7-9)18(22)15-14(16(15)18)10-3-2-4-11(8-10)17(20)21/h2-8,14-16,22H,1H3,(H,20,21). The largest absolute Gasteiger partial charge is 0.478 e. The second kappa shape index (κ2) is 4.34. The highest BCUT2D eigenvalue weighted by Gasteiger charge is 2.84. The number of carboxylic acids is 1. The third kappa shape index (κ3) is 1.76. The van der Waals surface area contributed by atoms with Crippen molar-refractivity contribution in [3.63, 3.8) is 0 Å². The van der Waals surface area contributed by atoms with Crippen molar-refractivity contribution >= 4 is 17.6 Å². The molecule has 2 aromatic rings. The number of carboxylic acid groups (broad SMARTS) is 1. The fourth-order valence-corrected chi connectivity index (χ4v) is 4.15. The highest BCUT2D eigenvalue weighted by molar-refractivity contribution is 6.31. The van der Waals surface area contributed by atoms with Crippen LogP contribution in [0, 0.1) is 18.8 Å². The number of benzene rings is 2. The van der Waals surface area contributed by atoms with E-state index < -0.39 is 11.6 Å². The van der Waals surface area contributed by atoms with E-state index in [0.717, 1.165) is 16.7 Å². The van der Waals surface area contributed by atoms with E-state index in [1.54, 1.807) is 18.2 Å². The van der Waals surface area contributed by atoms with Crippen molar-refractivity contribution < 1.29 is 15.0 Å². The van der Waals surface area contributed by atoms with Crippen molar-refractivity contribution in [2.24, 2.45) is 11.8 Å². The van der Waals surface area contributed by atoms with Crippen LogP contribution in [-0.2, 0) is 5.60 Å². The molecule has 2 aromatic carbocycles. The zero-order chi connectivity index (χ0) is 15.6. The Morgan fingerprint density at radius 2 is 1.91 bits per heavy atom. The summed E-state index contributed by atoms with van der Waals surface area (Å²) in [6.45, 7) is 1.97. The third-order valence-electron chi connectivity index (χ3n) is 5.00. The number of hydrogen-bond acceptors (Lipinski definition) is 2. The number of carbonyl (C=O) groups is 1. The molecule has 2 aliphatic rings. The lowest BCUT2D eigenvalue weighted by molar-refractivity contribution is 0.0696. The minimum Gasteiger partial charge on any atom is -0.478 e. The van der Waals surface area contributed by atoms with Gasteiger partial charge < -0.3 is 10.2 Å². The average Bonchev–Trinajstić information content (AvgIpc) is 3.36. The van der Waals surface area contributed by atoms with Gasteiger partial charge in [-0.05, 0) is 42.2 Å². The molecule has 2 fully saturated rings. The van der Waals surface area contributed by atoms with Crippen LogP contribution in [0.1, 0.15) is 33.0 Å². The lowest BCUT2D eigenvalue weighted by atomic mass is 9.88. The van der Waals surface area contributed by atoms with Gasteiger partial charge in [-0.1, -0.05) is 35.9 Å². The van der Waals surface area contributed by atoms with Crippen LogP contribution in [0.25, 0.3) is 0 Å². The van der Waals surface area contributed by atoms with Crippen LogP contribution in [0.3, 0.4) is 0 Å². The van der Waals surface area contributed by atoms with Gasteiger partial charge in [-0.15, -0.1) is 0 Å². The molecule has 0 aliphatic heterocycles. The lowest BCUT2D eigenvalue weighted by Crippen LogP contribution is -2.21. The summed E-state index contributed by atoms with van der Waals surface area (Å²) in [6.07, 6.45) is 0. The molecule has 0 saturated heterocycles. The monoisotopic (exact) mass is 314 g/mol. The van der Waals surface area contributed by atoms with Gasteiger partial charge in [0.25, 0.3) is 0 Å². The Bertz CT molecular complexity index is 789. The van der Waals surface area contributed by atoms with Gasteiger partial charge in [0, 0.05) is 22.4 Å². The quantitative estimate of drug-likeness (QED) is 0.910. The maximum atomic E-state index is 11.0. The zero-order valence-corrected chi connectivity index (χ0v) is 12.7. The Hall–Kier alpha value is -1.84. The van der Waals surface area contributed by atoms with Gasteiger partial charge in [0.2, 0.25) is 0 Å². The first-order valence-corrected chi connectivity index (χ1v) is 7.64. The van der Waals surface area contributed by atoms with Crippen LogP contribution in [0.4, 0.5) is 0 Å². The maximum Gasteiger partial charge on any atom is 0.335 e. The topological polar surface area (TPSA) is 57.5 Å². The number of aliphatic hydroxyl groups is 1. The molecule has 2 N–H and O–H groups in total. The summed E-state index contributed by atoms with van der Waals surface area (Å²) in [5.41, 5.74) is 2.30. The molecule has 0 bridgehead atoms. The summed E-state index contributed by atoms with van der Waals surface area (Å²) in [5.74, 6) is -0.386. The van der Waals surface area contributed by atoms with Crippen molar-refractivity contribution in [1.29, 1.82) is 0 Å². The average molecular weight is 315 g/mol. The molecule has 0 spiro atoms. The number of fused-ring (bicyclic) bond motifs is 1. The number of aromatic carboxylic acids is 1. The van der Waals surface area contributed by atoms with Gasteiger partial charge >= 0.3 is 5.97 Å². The van der Waals surface area contributed by atoms with Crippen molar-refractivity contribution in [3.05, 3.63) is 69.7 Å². The molecule has 0 amide bonds. The third-order valence-corrected chi connectivity index (χ3v) is 5.31. The van der Waals surface area contributed by atoms with Gasteiger partial charge in [0.1, 0.15) is 0 Å². The number of rotatable bonds is 3. The van der Waals surface area contributed by atoms with Crippen LogP contribution in [0.15, 0.2) is 42.5 Å². The fraction of sp³-hybridized carbons (Fsp3) is 0.278. The van der Waals surface area contributed by atoms with Crippen LogP contribution in [0.2, 0.25) is 5.02 Å². The van der Waals surface area contributed by atoms with E-state index in [1.807, 2.05) is 31.2 Å². The van der Waals surface area contributed by atoms with Crippen molar-refractivity contribution in [2.75, 3.05) is 0 Å². The Labute approximate surface area is 133 Å². The molecule has 2 unspecified atom stereocenters. The Kier molecular flexibility index (Phi) is 2.72. The molecular weight excluding hydrogens is 300 g/mol. The molecule has 2 saturated carbocycles. The van der Waals surface area contributed by atoms with Crippen LogP contribution in [0.5, 0.6) is 0 Å². The fourth-order valence-electron chi connectivity index (χ4n) is 3.77. The molecule has 4 rings (SSSR count). The van der Waals surface area contributed by atoms with E-state index in [-0.39, 0.29) is 17.8 Å². The predicted molar refractivity (Wildman–Crippen MR) is 83.2 cm³/mol. The molecule has 2 atom stereocenters. The summed E-state index contributed by atoms with van der Waals surface area (Å²) in [6, 6.07) is 12.7. The van der Waals surface area contributed by atoms with E-state index >= 15 is 0 Å². The molecule has 0 heterocycles. The summed E-state index contributed by atoms with van der Waals surface area (Å²) >= 11 is 6.26. The highest BCUT2D eigenvalue weighted by Crippen LogP contribution is 2.84. The summed E-state index contributed by atoms with van der Waals surface area (Å²) in [4.78, 5) is 11.0. The first-order chi connectivity index (χ1) is 10.4. The Morgan fingerprint density at radius 1 is 1.18 bits per heavy atom. The summed E-state index contributed by atoms with van der Waals surface area (Å²) in [5, 5.41) is 20.5. The van der Waals surface area contributed by atoms with Crippen molar-refractivity contribution in [3.8, 4) is 0 Å². The SMILES string of the molecule is Cc1ccc(C2(O)C3C(c4cccc(C(=O)O)c4)C32)c(Cl)c1. The van der Waals surface area contributed by atoms with Gasteiger partial charge in [0.15, 0.2) is 0 Å². The summed E-state index contributed by atoms with van der Waals surface area (Å²) < 4.78 is 0. The number of aryl methyl sites for hydroxylation is 1. The number of hydrogen-bond donors (Lipinski definition) is 2. The van der Waals surface area contributed by atoms with Crippen molar-refractivity contribution in [2.45, 2.75) is 18.4 Å². The molecule has 3 nitrogen and oxygen atoms in total. The Balaban J connectivity index is 1.59. The van der Waals surface area contributed by atoms with Crippen molar-refractivity contribution in [1.82, 2.24) is 0 Å². The van der Waals surface area contributed by atoms with E-state index in [2.05, 4.69) is 0 Å². The van der Waals surface area contributed by atoms with E-state index in [4.69, 9.17) is 16.7 Å². The minimum atomic E-state index is -0.923. The van der Waals surface area contributed by atoms with Crippen LogP contribution >= 0.6 is 11.6 Å². The highest BCUT2D eigenvalue weighted by atomic mass is 35.5. The van der Waals surface area contributed by atoms with Gasteiger partial charge in [-0.25, -0.2) is 4.79 Å². The molecule has 22 heavy (non-hydrogen) atoms. The zero-order valence-electron chi connectivity index (χ0n) is 12.0. The lowest BCUT2D eigenvalue weighted by Gasteiger charge is -2.23. The maximum absolute atomic E-state index is 11.0. The molecule has 4 heteroatoms. The van der Waals surface area contributed by atoms with Gasteiger partial charge in [-0.2, -0.15) is 0 Å². The van der Waals surface area contributed by atoms with E-state index in [1.165, 1.54) is 0 Å². The predicted octanol–water partition coefficient (Wildman–Crippen LogP) is 3.58. The smallest absolute Gasteiger partial charge is 0.335 e. The first-order valence-electron chi connectivity index (χ1n) is 7.27. The minimum absolute atomic E-state index is 0.150. The molecule has 0 aromatic heterocycles. The number of halogens is 1.